The van der Waals surface area contributed by atoms with Crippen LogP contribution in [0.2, 0.25) is 0 Å². The highest BCUT2D eigenvalue weighted by Gasteiger charge is 2.36. The summed E-state index contributed by atoms with van der Waals surface area (Å²) in [5, 5.41) is 19.7. The van der Waals surface area contributed by atoms with Crippen LogP contribution < -0.4 is 0 Å². The first-order valence-corrected chi connectivity index (χ1v) is 7.42. The van der Waals surface area contributed by atoms with E-state index in [0.29, 0.717) is 0 Å². The average Bonchev–Trinajstić information content (AvgIpc) is 2.42. The minimum absolute atomic E-state index is 0.0449. The van der Waals surface area contributed by atoms with Crippen LogP contribution in [0.1, 0.15) is 31.8 Å². The van der Waals surface area contributed by atoms with Gasteiger partial charge in [0.1, 0.15) is 16.4 Å². The summed E-state index contributed by atoms with van der Waals surface area (Å²) in [6, 6.07) is 5.79. The van der Waals surface area contributed by atoms with Crippen LogP contribution in [-0.4, -0.2) is 34.8 Å². The molecule has 1 aliphatic rings. The van der Waals surface area contributed by atoms with Gasteiger partial charge >= 0.3 is 0 Å². The van der Waals surface area contributed by atoms with Gasteiger partial charge in [0.15, 0.2) is 5.78 Å². The Morgan fingerprint density at radius 1 is 0.818 bits per heavy atom. The topological polar surface area (TPSA) is 129 Å². The van der Waals surface area contributed by atoms with Crippen molar-refractivity contribution >= 4 is 21.7 Å². The van der Waals surface area contributed by atoms with Crippen molar-refractivity contribution in [2.75, 3.05) is 0 Å². The zero-order valence-corrected chi connectivity index (χ0v) is 11.6. The monoisotopic (exact) mass is 320 g/mol. The summed E-state index contributed by atoms with van der Waals surface area (Å²) in [6.07, 6.45) is 0. The summed E-state index contributed by atoms with van der Waals surface area (Å²) < 4.78 is 31.4. The lowest BCUT2D eigenvalue weighted by Crippen LogP contribution is -2.22. The van der Waals surface area contributed by atoms with E-state index in [4.69, 9.17) is 4.55 Å². The van der Waals surface area contributed by atoms with Gasteiger partial charge in [-0.3, -0.25) is 14.1 Å². The molecule has 112 valence electrons. The third-order valence-corrected chi connectivity index (χ3v) is 4.29. The first-order valence-electron chi connectivity index (χ1n) is 5.98. The molecule has 3 rings (SSSR count). The fourth-order valence-electron chi connectivity index (χ4n) is 2.44. The largest absolute Gasteiger partial charge is 0.507 e. The lowest BCUT2D eigenvalue weighted by molar-refractivity contribution is 0.0973. The fourth-order valence-corrected chi connectivity index (χ4v) is 3.02. The van der Waals surface area contributed by atoms with Crippen LogP contribution in [0.5, 0.6) is 11.5 Å². The molecule has 0 heterocycles. The molecule has 3 N–H and O–H groups in total. The first kappa shape index (κ1) is 14.2. The molecule has 2 aromatic carbocycles. The fraction of sp³-hybridized carbons (Fsp3) is 0. The number of phenolic OH excluding ortho intramolecular Hbond substituents is 2. The smallest absolute Gasteiger partial charge is 0.298 e. The maximum atomic E-state index is 12.4. The highest BCUT2D eigenvalue weighted by atomic mass is 32.2. The van der Waals surface area contributed by atoms with Gasteiger partial charge in [-0.2, -0.15) is 8.42 Å². The molecule has 0 bridgehead atoms. The zero-order valence-electron chi connectivity index (χ0n) is 10.8. The molecule has 2 aromatic rings. The molecule has 0 saturated carbocycles. The second-order valence-corrected chi connectivity index (χ2v) is 6.06. The minimum Gasteiger partial charge on any atom is -0.507 e. The maximum Gasteiger partial charge on any atom is 0.298 e. The Hall–Kier alpha value is -2.71. The highest BCUT2D eigenvalue weighted by Crippen LogP contribution is 2.39. The van der Waals surface area contributed by atoms with Gasteiger partial charge < -0.3 is 10.2 Å². The van der Waals surface area contributed by atoms with E-state index in [1.807, 2.05) is 0 Å². The van der Waals surface area contributed by atoms with Crippen molar-refractivity contribution in [1.29, 1.82) is 0 Å². The van der Waals surface area contributed by atoms with Gasteiger partial charge in [0, 0.05) is 11.1 Å². The van der Waals surface area contributed by atoms with Crippen molar-refractivity contribution in [2.45, 2.75) is 4.90 Å². The van der Waals surface area contributed by atoms with Crippen LogP contribution in [0.4, 0.5) is 0 Å². The lowest BCUT2D eigenvalue weighted by atomic mass is 9.83. The molecular formula is C14H8O7S. The van der Waals surface area contributed by atoms with Crippen LogP contribution in [0.25, 0.3) is 0 Å². The van der Waals surface area contributed by atoms with Gasteiger partial charge in [0.05, 0.1) is 11.1 Å². The summed E-state index contributed by atoms with van der Waals surface area (Å²) in [6.45, 7) is 0. The molecule has 0 unspecified atom stereocenters. The number of carbonyl (C=O) groups is 2. The Morgan fingerprint density at radius 3 is 2.09 bits per heavy atom. The number of rotatable bonds is 1. The normalized spacial score (nSPS) is 13.7. The molecule has 0 spiro atoms. The van der Waals surface area contributed by atoms with E-state index in [-0.39, 0.29) is 16.7 Å². The third kappa shape index (κ3) is 1.81. The van der Waals surface area contributed by atoms with Gasteiger partial charge in [-0.05, 0) is 18.2 Å². The molecule has 0 radical (unpaired) electrons. The summed E-state index contributed by atoms with van der Waals surface area (Å²) in [4.78, 5) is 23.9. The molecular weight excluding hydrogens is 312 g/mol. The number of fused-ring (bicyclic) bond motifs is 2. The summed E-state index contributed by atoms with van der Waals surface area (Å²) >= 11 is 0. The molecule has 7 nitrogen and oxygen atoms in total. The molecule has 1 aliphatic carbocycles. The average molecular weight is 320 g/mol. The molecule has 8 heteroatoms. The number of carbonyl (C=O) groups excluding carboxylic acids is 2. The standard InChI is InChI=1S/C14H8O7S/c15-8-3-1-2-6-10(8)14(18)11-7(12(6)16)4-5-9(13(11)17)22(19,20)21/h1-5,15,17H,(H,19,20,21). The summed E-state index contributed by atoms with van der Waals surface area (Å²) in [7, 11) is -4.77. The van der Waals surface area contributed by atoms with Crippen molar-refractivity contribution < 1.29 is 32.8 Å². The number of aromatic hydroxyl groups is 2. The number of ketones is 2. The number of benzene rings is 2. The van der Waals surface area contributed by atoms with Gasteiger partial charge in [-0.25, -0.2) is 0 Å². The molecule has 0 fully saturated rings. The zero-order chi connectivity index (χ0) is 16.2. The molecule has 22 heavy (non-hydrogen) atoms. The van der Waals surface area contributed by atoms with Crippen molar-refractivity contribution in [1.82, 2.24) is 0 Å². The quantitative estimate of drug-likeness (QED) is 0.573. The van der Waals surface area contributed by atoms with Crippen molar-refractivity contribution in [3.8, 4) is 11.5 Å². The molecule has 0 amide bonds. The Balaban J connectivity index is 2.39. The van der Waals surface area contributed by atoms with E-state index in [9.17, 15) is 28.2 Å². The van der Waals surface area contributed by atoms with E-state index in [0.717, 1.165) is 12.1 Å². The van der Waals surface area contributed by atoms with Crippen LogP contribution in [-0.2, 0) is 10.1 Å². The van der Waals surface area contributed by atoms with Crippen molar-refractivity contribution in [2.24, 2.45) is 0 Å². The Bertz CT molecular complexity index is 957. The van der Waals surface area contributed by atoms with E-state index >= 15 is 0 Å². The first-order chi connectivity index (χ1) is 10.2. The van der Waals surface area contributed by atoms with Crippen molar-refractivity contribution in [3.63, 3.8) is 0 Å². The van der Waals surface area contributed by atoms with Gasteiger partial charge in [-0.15, -0.1) is 0 Å². The molecule has 0 aromatic heterocycles. The predicted molar refractivity (Wildman–Crippen MR) is 72.9 cm³/mol. The Kier molecular flexibility index (Phi) is 2.84. The minimum atomic E-state index is -4.77. The SMILES string of the molecule is O=C1c2cccc(O)c2C(=O)c2c1ccc(S(=O)(=O)O)c2O. The number of hydrogen-bond acceptors (Lipinski definition) is 6. The highest BCUT2D eigenvalue weighted by molar-refractivity contribution is 7.86. The third-order valence-electron chi connectivity index (χ3n) is 3.40. The van der Waals surface area contributed by atoms with Crippen LogP contribution in [0.3, 0.4) is 0 Å². The van der Waals surface area contributed by atoms with Gasteiger partial charge in [0.25, 0.3) is 10.1 Å². The van der Waals surface area contributed by atoms with Crippen LogP contribution in [0, 0.1) is 0 Å². The van der Waals surface area contributed by atoms with Crippen LogP contribution >= 0.6 is 0 Å². The van der Waals surface area contributed by atoms with Crippen LogP contribution in [0.15, 0.2) is 35.2 Å². The summed E-state index contributed by atoms with van der Waals surface area (Å²) in [5.74, 6) is -3.02. The number of phenols is 2. The van der Waals surface area contributed by atoms with Crippen molar-refractivity contribution in [3.05, 3.63) is 52.6 Å². The van der Waals surface area contributed by atoms with E-state index in [1.54, 1.807) is 0 Å². The van der Waals surface area contributed by atoms with E-state index < -0.39 is 43.6 Å². The Morgan fingerprint density at radius 2 is 1.45 bits per heavy atom. The second kappa shape index (κ2) is 4.39. The molecule has 0 aliphatic heterocycles. The maximum absolute atomic E-state index is 12.4. The number of hydrogen-bond donors (Lipinski definition) is 3. The van der Waals surface area contributed by atoms with Gasteiger partial charge in [0.2, 0.25) is 5.78 Å². The van der Waals surface area contributed by atoms with E-state index in [2.05, 4.69) is 0 Å². The molecule has 0 saturated heterocycles. The lowest BCUT2D eigenvalue weighted by Gasteiger charge is -2.19. The second-order valence-electron chi connectivity index (χ2n) is 4.67. The van der Waals surface area contributed by atoms with Gasteiger partial charge in [-0.1, -0.05) is 12.1 Å². The van der Waals surface area contributed by atoms with E-state index in [1.165, 1.54) is 18.2 Å². The Labute approximate surface area is 124 Å². The molecule has 0 atom stereocenters. The predicted octanol–water partition coefficient (Wildman–Crippen LogP) is 1.12. The summed E-state index contributed by atoms with van der Waals surface area (Å²) in [5.41, 5.74) is -1.12.